The molecule has 0 unspecified atom stereocenters. The van der Waals surface area contributed by atoms with Crippen LogP contribution in [-0.4, -0.2) is 19.5 Å². The summed E-state index contributed by atoms with van der Waals surface area (Å²) in [7, 11) is 0. The topological polar surface area (TPSA) is 43.6 Å². The van der Waals surface area contributed by atoms with Gasteiger partial charge < -0.3 is 4.57 Å². The summed E-state index contributed by atoms with van der Waals surface area (Å²) in [4.78, 5) is 15.7. The second kappa shape index (κ2) is 15.9. The van der Waals surface area contributed by atoms with Gasteiger partial charge in [0, 0.05) is 33.2 Å². The van der Waals surface area contributed by atoms with Gasteiger partial charge in [0.25, 0.3) is 0 Å². The van der Waals surface area contributed by atoms with Gasteiger partial charge in [-0.2, -0.15) is 0 Å². The van der Waals surface area contributed by atoms with E-state index in [9.17, 15) is 0 Å². The van der Waals surface area contributed by atoms with Crippen LogP contribution in [0.2, 0.25) is 0 Å². The molecule has 2 heterocycles. The van der Waals surface area contributed by atoms with E-state index in [1.54, 1.807) is 0 Å². The van der Waals surface area contributed by atoms with Gasteiger partial charge in [0.2, 0.25) is 0 Å². The van der Waals surface area contributed by atoms with Crippen LogP contribution in [-0.2, 0) is 0 Å². The standard InChI is InChI=1S/C63H40N4/c1-4-16-41(17-5-1)44-22-14-24-47(36-44)61-64-62(48-25-15-23-45(37-48)42-18-6-2-7-19-42)66-63(65-61)49-30-33-53-51-26-10-11-27-52(51)57-40-50(32-34-54(57)56(53)39-49)67-59-29-13-12-28-55(59)58-38-46(31-35-60(58)67)43-20-8-3-9-21-43/h1-40H. The number of fused-ring (bicyclic) bond motifs is 9. The van der Waals surface area contributed by atoms with Crippen LogP contribution < -0.4 is 0 Å². The SMILES string of the molecule is c1ccc(-c2cccc(-c3nc(-c4cccc(-c5ccccc5)c4)nc(-c4ccc5c6ccccc6c6cc(-n7c8ccccc8c8cc(-c9ccccc9)ccc87)ccc6c5c4)n3)c2)cc1. The molecule has 0 aliphatic rings. The van der Waals surface area contributed by atoms with E-state index in [2.05, 4.69) is 235 Å². The second-order valence-corrected chi connectivity index (χ2v) is 17.2. The summed E-state index contributed by atoms with van der Waals surface area (Å²) in [5.74, 6) is 1.87. The van der Waals surface area contributed by atoms with Gasteiger partial charge in [-0.05, 0) is 114 Å². The highest BCUT2D eigenvalue weighted by molar-refractivity contribution is 6.26. The molecule has 0 saturated carbocycles. The maximum absolute atomic E-state index is 5.27. The van der Waals surface area contributed by atoms with Crippen LogP contribution in [0.25, 0.3) is 127 Å². The second-order valence-electron chi connectivity index (χ2n) is 17.2. The number of aromatic nitrogens is 4. The average molecular weight is 853 g/mol. The minimum Gasteiger partial charge on any atom is -0.309 e. The van der Waals surface area contributed by atoms with Crippen molar-refractivity contribution in [1.82, 2.24) is 19.5 Å². The molecular weight excluding hydrogens is 813 g/mol. The summed E-state index contributed by atoms with van der Waals surface area (Å²) in [5, 5.41) is 9.59. The fourth-order valence-electron chi connectivity index (χ4n) is 9.98. The molecular formula is C63H40N4. The summed E-state index contributed by atoms with van der Waals surface area (Å²) in [6.07, 6.45) is 0. The molecule has 0 atom stereocenters. The molecule has 0 radical (unpaired) electrons. The number of benzene rings is 11. The Morgan fingerprint density at radius 1 is 0.209 bits per heavy atom. The Labute approximate surface area is 387 Å². The molecule has 4 heteroatoms. The van der Waals surface area contributed by atoms with Crippen LogP contribution in [0.5, 0.6) is 0 Å². The highest BCUT2D eigenvalue weighted by atomic mass is 15.0. The first kappa shape index (κ1) is 38.5. The van der Waals surface area contributed by atoms with Crippen molar-refractivity contribution >= 4 is 54.1 Å². The lowest BCUT2D eigenvalue weighted by molar-refractivity contribution is 1.07. The fraction of sp³-hybridized carbons (Fsp3) is 0. The lowest BCUT2D eigenvalue weighted by Gasteiger charge is -2.15. The Balaban J connectivity index is 0.997. The highest BCUT2D eigenvalue weighted by Crippen LogP contribution is 2.41. The van der Waals surface area contributed by atoms with E-state index < -0.39 is 0 Å². The Morgan fingerprint density at radius 2 is 0.582 bits per heavy atom. The molecule has 0 amide bonds. The molecule has 0 N–H and O–H groups in total. The van der Waals surface area contributed by atoms with Crippen LogP contribution in [0.3, 0.4) is 0 Å². The lowest BCUT2D eigenvalue weighted by atomic mass is 9.93. The largest absolute Gasteiger partial charge is 0.309 e. The van der Waals surface area contributed by atoms with E-state index in [1.807, 2.05) is 12.1 Å². The molecule has 0 bridgehead atoms. The van der Waals surface area contributed by atoms with E-state index in [0.717, 1.165) is 50.0 Å². The summed E-state index contributed by atoms with van der Waals surface area (Å²) < 4.78 is 2.42. The van der Waals surface area contributed by atoms with Gasteiger partial charge in [-0.25, -0.2) is 15.0 Å². The number of rotatable bonds is 7. The summed E-state index contributed by atoms with van der Waals surface area (Å²) in [6.45, 7) is 0. The van der Waals surface area contributed by atoms with Crippen molar-refractivity contribution in [2.24, 2.45) is 0 Å². The Morgan fingerprint density at radius 3 is 1.18 bits per heavy atom. The van der Waals surface area contributed by atoms with Crippen LogP contribution in [0.1, 0.15) is 0 Å². The summed E-state index contributed by atoms with van der Waals surface area (Å²) >= 11 is 0. The van der Waals surface area contributed by atoms with Crippen molar-refractivity contribution in [2.75, 3.05) is 0 Å². The molecule has 0 aliphatic carbocycles. The number of para-hydroxylation sites is 1. The van der Waals surface area contributed by atoms with Gasteiger partial charge >= 0.3 is 0 Å². The maximum Gasteiger partial charge on any atom is 0.164 e. The van der Waals surface area contributed by atoms with Crippen molar-refractivity contribution in [3.8, 4) is 73.2 Å². The third kappa shape index (κ3) is 6.74. The van der Waals surface area contributed by atoms with Crippen molar-refractivity contribution in [3.05, 3.63) is 243 Å². The zero-order valence-electron chi connectivity index (χ0n) is 36.4. The molecule has 0 fully saturated rings. The van der Waals surface area contributed by atoms with Crippen LogP contribution in [0.15, 0.2) is 243 Å². The number of nitrogens with zero attached hydrogens (tertiary/aromatic N) is 4. The Kier molecular flexibility index (Phi) is 9.14. The Hall–Kier alpha value is -8.99. The minimum absolute atomic E-state index is 0.621. The van der Waals surface area contributed by atoms with Crippen molar-refractivity contribution in [1.29, 1.82) is 0 Å². The van der Waals surface area contributed by atoms with Gasteiger partial charge in [-0.3, -0.25) is 0 Å². The van der Waals surface area contributed by atoms with Crippen LogP contribution in [0.4, 0.5) is 0 Å². The van der Waals surface area contributed by atoms with E-state index in [-0.39, 0.29) is 0 Å². The summed E-state index contributed by atoms with van der Waals surface area (Å²) in [5.41, 5.74) is 13.2. The molecule has 2 aromatic heterocycles. The third-order valence-corrected chi connectivity index (χ3v) is 13.2. The quantitative estimate of drug-likeness (QED) is 0.150. The minimum atomic E-state index is 0.621. The van der Waals surface area contributed by atoms with Crippen molar-refractivity contribution < 1.29 is 0 Å². The molecule has 11 aromatic carbocycles. The van der Waals surface area contributed by atoms with Crippen LogP contribution in [0, 0.1) is 0 Å². The van der Waals surface area contributed by atoms with E-state index in [4.69, 9.17) is 15.0 Å². The maximum atomic E-state index is 5.27. The first-order chi connectivity index (χ1) is 33.2. The molecule has 0 aliphatic heterocycles. The first-order valence-corrected chi connectivity index (χ1v) is 22.8. The Bertz CT molecular complexity index is 3920. The normalized spacial score (nSPS) is 11.6. The first-order valence-electron chi connectivity index (χ1n) is 22.8. The van der Waals surface area contributed by atoms with Gasteiger partial charge in [0.05, 0.1) is 11.0 Å². The molecule has 312 valence electrons. The predicted octanol–water partition coefficient (Wildman–Crippen LogP) is 16.4. The van der Waals surface area contributed by atoms with Gasteiger partial charge in [-0.15, -0.1) is 0 Å². The van der Waals surface area contributed by atoms with Crippen molar-refractivity contribution in [2.45, 2.75) is 0 Å². The van der Waals surface area contributed by atoms with Crippen molar-refractivity contribution in [3.63, 3.8) is 0 Å². The molecule has 13 rings (SSSR count). The fourth-order valence-corrected chi connectivity index (χ4v) is 9.98. The zero-order chi connectivity index (χ0) is 44.3. The monoisotopic (exact) mass is 852 g/mol. The van der Waals surface area contributed by atoms with Gasteiger partial charge in [0.15, 0.2) is 17.5 Å². The van der Waals surface area contributed by atoms with E-state index in [0.29, 0.717) is 17.5 Å². The van der Waals surface area contributed by atoms with E-state index >= 15 is 0 Å². The molecule has 67 heavy (non-hydrogen) atoms. The molecule has 4 nitrogen and oxygen atoms in total. The summed E-state index contributed by atoms with van der Waals surface area (Å²) in [6, 6.07) is 86.6. The smallest absolute Gasteiger partial charge is 0.164 e. The highest BCUT2D eigenvalue weighted by Gasteiger charge is 2.18. The van der Waals surface area contributed by atoms with E-state index in [1.165, 1.54) is 59.9 Å². The number of hydrogen-bond acceptors (Lipinski definition) is 3. The molecule has 0 spiro atoms. The number of hydrogen-bond donors (Lipinski definition) is 0. The van der Waals surface area contributed by atoms with Gasteiger partial charge in [-0.1, -0.05) is 194 Å². The molecule has 0 saturated heterocycles. The third-order valence-electron chi connectivity index (χ3n) is 13.2. The lowest BCUT2D eigenvalue weighted by Crippen LogP contribution is -2.00. The zero-order valence-corrected chi connectivity index (χ0v) is 36.4. The van der Waals surface area contributed by atoms with Crippen LogP contribution >= 0.6 is 0 Å². The van der Waals surface area contributed by atoms with Gasteiger partial charge in [0.1, 0.15) is 0 Å². The molecule has 13 aromatic rings. The predicted molar refractivity (Wildman–Crippen MR) is 279 cm³/mol. The average Bonchev–Trinajstić information content (AvgIpc) is 3.75.